The van der Waals surface area contributed by atoms with Crippen LogP contribution >= 0.6 is 0 Å². The molecule has 0 radical (unpaired) electrons. The molecule has 0 bridgehead atoms. The highest BCUT2D eigenvalue weighted by Crippen LogP contribution is 2.30. The first kappa shape index (κ1) is 14.6. The monoisotopic (exact) mass is 320 g/mol. The van der Waals surface area contributed by atoms with Crippen molar-refractivity contribution in [2.75, 3.05) is 19.0 Å². The van der Waals surface area contributed by atoms with Crippen LogP contribution in [0.2, 0.25) is 0 Å². The summed E-state index contributed by atoms with van der Waals surface area (Å²) in [6, 6.07) is 9.24. The number of fused-ring (bicyclic) bond motifs is 2. The third-order valence-corrected chi connectivity index (χ3v) is 4.22. The minimum Gasteiger partial charge on any atom is -0.375 e. The summed E-state index contributed by atoms with van der Waals surface area (Å²) < 4.78 is 16.2. The maximum Gasteiger partial charge on any atom is 0.147 e. The summed E-state index contributed by atoms with van der Waals surface area (Å²) in [4.78, 5) is 10.7. The van der Waals surface area contributed by atoms with Gasteiger partial charge in [0, 0.05) is 48.3 Å². The van der Waals surface area contributed by atoms with Crippen LogP contribution in [0.3, 0.4) is 0 Å². The van der Waals surface area contributed by atoms with Crippen LogP contribution in [0.15, 0.2) is 48.9 Å². The number of anilines is 1. The average Bonchev–Trinajstić information content (AvgIpc) is 2.96. The lowest BCUT2D eigenvalue weighted by Gasteiger charge is -2.17. The second-order valence-corrected chi connectivity index (χ2v) is 6.12. The molecule has 3 heterocycles. The van der Waals surface area contributed by atoms with Crippen LogP contribution in [0.5, 0.6) is 0 Å². The van der Waals surface area contributed by atoms with E-state index in [1.54, 1.807) is 17.2 Å². The normalized spacial score (nSPS) is 11.3. The van der Waals surface area contributed by atoms with Gasteiger partial charge in [-0.1, -0.05) is 0 Å². The van der Waals surface area contributed by atoms with Crippen molar-refractivity contribution in [2.24, 2.45) is 0 Å². The smallest absolute Gasteiger partial charge is 0.147 e. The van der Waals surface area contributed by atoms with E-state index in [1.807, 2.05) is 56.2 Å². The molecule has 4 rings (SSSR count). The minimum absolute atomic E-state index is 0.237. The fraction of sp³-hybridized carbons (Fsp3) is 0.158. The van der Waals surface area contributed by atoms with E-state index in [1.165, 1.54) is 6.07 Å². The van der Waals surface area contributed by atoms with Gasteiger partial charge in [0.05, 0.1) is 17.4 Å². The first-order valence-corrected chi connectivity index (χ1v) is 7.74. The molecule has 120 valence electrons. The van der Waals surface area contributed by atoms with E-state index in [2.05, 4.69) is 9.97 Å². The third-order valence-electron chi connectivity index (χ3n) is 4.22. The molecule has 0 atom stereocenters. The molecule has 0 unspecified atom stereocenters. The summed E-state index contributed by atoms with van der Waals surface area (Å²) in [6.07, 6.45) is 5.59. The molecule has 0 fully saturated rings. The maximum absolute atomic E-state index is 14.3. The Morgan fingerprint density at radius 1 is 1.00 bits per heavy atom. The van der Waals surface area contributed by atoms with E-state index in [4.69, 9.17) is 0 Å². The fourth-order valence-electron chi connectivity index (χ4n) is 3.09. The lowest BCUT2D eigenvalue weighted by atomic mass is 10.1. The Labute approximate surface area is 139 Å². The van der Waals surface area contributed by atoms with Crippen LogP contribution in [0.25, 0.3) is 27.5 Å². The number of pyridine rings is 2. The summed E-state index contributed by atoms with van der Waals surface area (Å²) in [5.41, 5.74) is 2.53. The highest BCUT2D eigenvalue weighted by Gasteiger charge is 2.12. The predicted molar refractivity (Wildman–Crippen MR) is 95.4 cm³/mol. The number of aryl methyl sites for hydroxylation is 1. The Morgan fingerprint density at radius 2 is 1.83 bits per heavy atom. The summed E-state index contributed by atoms with van der Waals surface area (Å²) >= 11 is 0. The Morgan fingerprint density at radius 3 is 2.62 bits per heavy atom. The molecule has 0 aliphatic rings. The van der Waals surface area contributed by atoms with E-state index in [0.29, 0.717) is 5.69 Å². The van der Waals surface area contributed by atoms with Crippen molar-refractivity contribution in [1.29, 1.82) is 0 Å². The van der Waals surface area contributed by atoms with Gasteiger partial charge in [0.2, 0.25) is 0 Å². The molecule has 5 heteroatoms. The van der Waals surface area contributed by atoms with Crippen LogP contribution in [0.4, 0.5) is 10.1 Å². The van der Waals surface area contributed by atoms with Crippen molar-refractivity contribution in [3.05, 3.63) is 60.4 Å². The van der Waals surface area contributed by atoms with Gasteiger partial charge in [-0.3, -0.25) is 9.55 Å². The first-order chi connectivity index (χ1) is 11.5. The molecule has 3 aromatic heterocycles. The Hall–Kier alpha value is -2.95. The predicted octanol–water partition coefficient (Wildman–Crippen LogP) is 4.09. The van der Waals surface area contributed by atoms with Gasteiger partial charge in [0.1, 0.15) is 11.6 Å². The fourth-order valence-corrected chi connectivity index (χ4v) is 3.09. The summed E-state index contributed by atoms with van der Waals surface area (Å²) in [6.45, 7) is 1.97. The number of benzene rings is 1. The van der Waals surface area contributed by atoms with Crippen molar-refractivity contribution < 1.29 is 4.39 Å². The molecule has 0 N–H and O–H groups in total. The molecule has 0 saturated carbocycles. The molecule has 1 aromatic carbocycles. The van der Waals surface area contributed by atoms with Crippen molar-refractivity contribution in [1.82, 2.24) is 14.5 Å². The molecular formula is C19H17FN4. The standard InChI is InChI=1S/C19H17FN4/c1-12-8-13-6-7-24(17(13)11-21-12)18-9-15-14(10-22-18)4-5-16(20)19(15)23(2)3/h4-11H,1-3H3. The van der Waals surface area contributed by atoms with Gasteiger partial charge in [0.15, 0.2) is 0 Å². The molecule has 0 amide bonds. The number of hydrogen-bond acceptors (Lipinski definition) is 3. The lowest BCUT2D eigenvalue weighted by molar-refractivity contribution is 0.628. The second kappa shape index (κ2) is 5.30. The molecule has 0 aliphatic heterocycles. The van der Waals surface area contributed by atoms with E-state index in [0.717, 1.165) is 33.2 Å². The Kier molecular flexibility index (Phi) is 3.23. The third kappa shape index (κ3) is 2.21. The molecular weight excluding hydrogens is 303 g/mol. The molecule has 0 saturated heterocycles. The topological polar surface area (TPSA) is 34.0 Å². The highest BCUT2D eigenvalue weighted by molar-refractivity contribution is 5.95. The SMILES string of the molecule is Cc1cc2ccn(-c3cc4c(N(C)C)c(F)ccc4cn3)c2cn1. The van der Waals surface area contributed by atoms with Gasteiger partial charge in [-0.15, -0.1) is 0 Å². The number of hydrogen-bond donors (Lipinski definition) is 0. The quantitative estimate of drug-likeness (QED) is 0.558. The zero-order valence-corrected chi connectivity index (χ0v) is 13.8. The number of rotatable bonds is 2. The van der Waals surface area contributed by atoms with Crippen LogP contribution < -0.4 is 4.90 Å². The largest absolute Gasteiger partial charge is 0.375 e. The minimum atomic E-state index is -0.237. The van der Waals surface area contributed by atoms with Crippen molar-refractivity contribution in [2.45, 2.75) is 6.92 Å². The number of halogens is 1. The van der Waals surface area contributed by atoms with Crippen molar-refractivity contribution in [3.8, 4) is 5.82 Å². The molecule has 24 heavy (non-hydrogen) atoms. The van der Waals surface area contributed by atoms with Gasteiger partial charge >= 0.3 is 0 Å². The maximum atomic E-state index is 14.3. The van der Waals surface area contributed by atoms with Crippen LogP contribution in [-0.2, 0) is 0 Å². The van der Waals surface area contributed by atoms with E-state index in [9.17, 15) is 4.39 Å². The summed E-state index contributed by atoms with van der Waals surface area (Å²) in [7, 11) is 3.69. The van der Waals surface area contributed by atoms with Crippen molar-refractivity contribution >= 4 is 27.4 Å². The molecule has 0 spiro atoms. The molecule has 4 aromatic rings. The summed E-state index contributed by atoms with van der Waals surface area (Å²) in [5, 5.41) is 2.86. The van der Waals surface area contributed by atoms with Gasteiger partial charge in [-0.05, 0) is 37.3 Å². The van der Waals surface area contributed by atoms with Crippen LogP contribution in [0, 0.1) is 12.7 Å². The van der Waals surface area contributed by atoms with Gasteiger partial charge in [-0.2, -0.15) is 0 Å². The summed E-state index contributed by atoms with van der Waals surface area (Å²) in [5.74, 6) is 0.510. The number of aromatic nitrogens is 3. The molecule has 0 aliphatic carbocycles. The van der Waals surface area contributed by atoms with Crippen LogP contribution in [0.1, 0.15) is 5.69 Å². The average molecular weight is 320 g/mol. The van der Waals surface area contributed by atoms with Crippen molar-refractivity contribution in [3.63, 3.8) is 0 Å². The second-order valence-electron chi connectivity index (χ2n) is 6.12. The van der Waals surface area contributed by atoms with E-state index < -0.39 is 0 Å². The van der Waals surface area contributed by atoms with E-state index >= 15 is 0 Å². The van der Waals surface area contributed by atoms with Gasteiger partial charge < -0.3 is 4.90 Å². The number of nitrogens with zero attached hydrogens (tertiary/aromatic N) is 4. The zero-order chi connectivity index (χ0) is 16.8. The van der Waals surface area contributed by atoms with Gasteiger partial charge in [-0.25, -0.2) is 9.37 Å². The van der Waals surface area contributed by atoms with Gasteiger partial charge in [0.25, 0.3) is 0 Å². The first-order valence-electron chi connectivity index (χ1n) is 7.74. The Balaban J connectivity index is 1.98. The van der Waals surface area contributed by atoms with Crippen LogP contribution in [-0.4, -0.2) is 28.6 Å². The molecule has 4 nitrogen and oxygen atoms in total. The lowest BCUT2D eigenvalue weighted by Crippen LogP contribution is -2.11. The van der Waals surface area contributed by atoms with E-state index in [-0.39, 0.29) is 5.82 Å². The highest BCUT2D eigenvalue weighted by atomic mass is 19.1. The zero-order valence-electron chi connectivity index (χ0n) is 13.8. The Bertz CT molecular complexity index is 1070.